The highest BCUT2D eigenvalue weighted by molar-refractivity contribution is 6.33. The van der Waals surface area contributed by atoms with Crippen LogP contribution in [0.2, 0.25) is 5.02 Å². The van der Waals surface area contributed by atoms with Gasteiger partial charge in [0.1, 0.15) is 0 Å². The number of carbonyl (C=O) groups excluding carboxylic acids is 2. The van der Waals surface area contributed by atoms with Crippen molar-refractivity contribution in [1.29, 1.82) is 0 Å². The molecule has 0 unspecified atom stereocenters. The van der Waals surface area contributed by atoms with E-state index in [0.29, 0.717) is 23.6 Å². The van der Waals surface area contributed by atoms with E-state index < -0.39 is 5.97 Å². The Bertz CT molecular complexity index is 686. The van der Waals surface area contributed by atoms with Crippen LogP contribution < -0.4 is 5.32 Å². The number of nitrogens with one attached hydrogen (secondary N) is 1. The smallest absolute Gasteiger partial charge is 0.339 e. The van der Waals surface area contributed by atoms with Gasteiger partial charge in [0.2, 0.25) is 5.91 Å². The van der Waals surface area contributed by atoms with Crippen molar-refractivity contribution in [3.63, 3.8) is 0 Å². The van der Waals surface area contributed by atoms with E-state index in [9.17, 15) is 9.59 Å². The number of ether oxygens (including phenoxy) is 1. The molecule has 2 aromatic rings. The zero-order valence-electron chi connectivity index (χ0n) is 12.8. The van der Waals surface area contributed by atoms with E-state index in [1.807, 2.05) is 30.3 Å². The summed E-state index contributed by atoms with van der Waals surface area (Å²) in [6.07, 6.45) is 1.02. The highest BCUT2D eigenvalue weighted by atomic mass is 35.5. The molecule has 0 aliphatic rings. The molecule has 0 saturated carbocycles. The van der Waals surface area contributed by atoms with Gasteiger partial charge in [-0.15, -0.1) is 0 Å². The molecule has 2 rings (SSSR count). The monoisotopic (exact) mass is 331 g/mol. The summed E-state index contributed by atoms with van der Waals surface area (Å²) in [6, 6.07) is 14.5. The number of benzene rings is 2. The van der Waals surface area contributed by atoms with Crippen LogP contribution in [-0.2, 0) is 16.0 Å². The van der Waals surface area contributed by atoms with Gasteiger partial charge in [-0.05, 0) is 37.1 Å². The van der Waals surface area contributed by atoms with Gasteiger partial charge in [-0.2, -0.15) is 0 Å². The fourth-order valence-electron chi connectivity index (χ4n) is 2.09. The Hall–Kier alpha value is -2.33. The fourth-order valence-corrected chi connectivity index (χ4v) is 2.29. The summed E-state index contributed by atoms with van der Waals surface area (Å²) in [4.78, 5) is 23.8. The lowest BCUT2D eigenvalue weighted by Gasteiger charge is -2.09. The van der Waals surface area contributed by atoms with Gasteiger partial charge < -0.3 is 10.1 Å². The SMILES string of the molecule is CCOC(=O)c1cc(NC(=O)CCc2ccccc2)ccc1Cl. The van der Waals surface area contributed by atoms with E-state index >= 15 is 0 Å². The fraction of sp³-hybridized carbons (Fsp3) is 0.222. The van der Waals surface area contributed by atoms with Crippen LogP contribution in [0.4, 0.5) is 5.69 Å². The maximum atomic E-state index is 12.0. The quantitative estimate of drug-likeness (QED) is 0.811. The van der Waals surface area contributed by atoms with Gasteiger partial charge in [0, 0.05) is 12.1 Å². The minimum absolute atomic E-state index is 0.119. The molecule has 0 saturated heterocycles. The molecule has 23 heavy (non-hydrogen) atoms. The lowest BCUT2D eigenvalue weighted by Crippen LogP contribution is -2.13. The summed E-state index contributed by atoms with van der Waals surface area (Å²) in [7, 11) is 0. The molecule has 0 aromatic heterocycles. The first-order valence-electron chi connectivity index (χ1n) is 7.40. The number of hydrogen-bond donors (Lipinski definition) is 1. The van der Waals surface area contributed by atoms with Crippen molar-refractivity contribution >= 4 is 29.2 Å². The summed E-state index contributed by atoms with van der Waals surface area (Å²) in [6.45, 7) is 1.99. The van der Waals surface area contributed by atoms with Crippen molar-refractivity contribution in [3.05, 3.63) is 64.7 Å². The number of halogens is 1. The summed E-state index contributed by atoms with van der Waals surface area (Å²) in [5, 5.41) is 3.07. The van der Waals surface area contributed by atoms with Crippen LogP contribution in [0.5, 0.6) is 0 Å². The molecule has 0 atom stereocenters. The lowest BCUT2D eigenvalue weighted by atomic mass is 10.1. The second-order valence-corrected chi connectivity index (χ2v) is 5.36. The van der Waals surface area contributed by atoms with E-state index in [4.69, 9.17) is 16.3 Å². The Morgan fingerprint density at radius 3 is 2.57 bits per heavy atom. The average Bonchev–Trinajstić information content (AvgIpc) is 2.56. The number of anilines is 1. The molecule has 2 aromatic carbocycles. The largest absolute Gasteiger partial charge is 0.462 e. The van der Waals surface area contributed by atoms with Gasteiger partial charge >= 0.3 is 5.97 Å². The van der Waals surface area contributed by atoms with E-state index in [0.717, 1.165) is 5.56 Å². The normalized spacial score (nSPS) is 10.2. The average molecular weight is 332 g/mol. The summed E-state index contributed by atoms with van der Waals surface area (Å²) in [5.74, 6) is -0.621. The first-order valence-corrected chi connectivity index (χ1v) is 7.78. The van der Waals surface area contributed by atoms with Gasteiger partial charge in [-0.25, -0.2) is 4.79 Å². The molecule has 0 aliphatic carbocycles. The molecule has 0 aliphatic heterocycles. The molecule has 4 nitrogen and oxygen atoms in total. The predicted molar refractivity (Wildman–Crippen MR) is 90.8 cm³/mol. The van der Waals surface area contributed by atoms with Crippen LogP contribution in [0.25, 0.3) is 0 Å². The zero-order chi connectivity index (χ0) is 16.7. The van der Waals surface area contributed by atoms with Gasteiger partial charge in [-0.3, -0.25) is 4.79 Å². The molecular formula is C18H18ClNO3. The first kappa shape index (κ1) is 17.0. The maximum absolute atomic E-state index is 12.0. The molecule has 0 spiro atoms. The third kappa shape index (κ3) is 5.11. The van der Waals surface area contributed by atoms with Gasteiger partial charge in [0.05, 0.1) is 17.2 Å². The van der Waals surface area contributed by atoms with Crippen LogP contribution in [0, 0.1) is 0 Å². The lowest BCUT2D eigenvalue weighted by molar-refractivity contribution is -0.116. The Morgan fingerprint density at radius 2 is 1.87 bits per heavy atom. The number of esters is 1. The molecule has 0 radical (unpaired) electrons. The van der Waals surface area contributed by atoms with E-state index in [1.54, 1.807) is 19.1 Å². The second-order valence-electron chi connectivity index (χ2n) is 4.95. The number of hydrogen-bond acceptors (Lipinski definition) is 3. The molecule has 120 valence electrons. The number of amides is 1. The van der Waals surface area contributed by atoms with Crippen molar-refractivity contribution in [3.8, 4) is 0 Å². The van der Waals surface area contributed by atoms with E-state index in [1.165, 1.54) is 6.07 Å². The number of aryl methyl sites for hydroxylation is 1. The van der Waals surface area contributed by atoms with Crippen LogP contribution in [-0.4, -0.2) is 18.5 Å². The minimum Gasteiger partial charge on any atom is -0.462 e. The second kappa shape index (κ2) is 8.34. The van der Waals surface area contributed by atoms with Crippen molar-refractivity contribution in [2.45, 2.75) is 19.8 Å². The number of rotatable bonds is 6. The molecule has 0 fully saturated rings. The molecule has 0 heterocycles. The topological polar surface area (TPSA) is 55.4 Å². The highest BCUT2D eigenvalue weighted by Gasteiger charge is 2.13. The highest BCUT2D eigenvalue weighted by Crippen LogP contribution is 2.21. The van der Waals surface area contributed by atoms with Crippen molar-refractivity contribution in [2.75, 3.05) is 11.9 Å². The van der Waals surface area contributed by atoms with Crippen LogP contribution in [0.1, 0.15) is 29.3 Å². The molecule has 1 N–H and O–H groups in total. The van der Waals surface area contributed by atoms with Gasteiger partial charge in [0.25, 0.3) is 0 Å². The Labute approximate surface area is 140 Å². The Morgan fingerprint density at radius 1 is 1.13 bits per heavy atom. The van der Waals surface area contributed by atoms with Crippen LogP contribution in [0.3, 0.4) is 0 Å². The third-order valence-corrected chi connectivity index (χ3v) is 3.56. The maximum Gasteiger partial charge on any atom is 0.339 e. The summed E-state index contributed by atoms with van der Waals surface area (Å²) in [5.41, 5.74) is 1.87. The van der Waals surface area contributed by atoms with E-state index in [2.05, 4.69) is 5.32 Å². The Kier molecular flexibility index (Phi) is 6.18. The van der Waals surface area contributed by atoms with Crippen LogP contribution in [0.15, 0.2) is 48.5 Å². The molecule has 0 bridgehead atoms. The van der Waals surface area contributed by atoms with Crippen molar-refractivity contribution < 1.29 is 14.3 Å². The summed E-state index contributed by atoms with van der Waals surface area (Å²) >= 11 is 5.99. The first-order chi connectivity index (χ1) is 11.1. The van der Waals surface area contributed by atoms with Gasteiger partial charge in [-0.1, -0.05) is 41.9 Å². The molecule has 5 heteroatoms. The molecule has 1 amide bonds. The Balaban J connectivity index is 1.98. The van der Waals surface area contributed by atoms with Gasteiger partial charge in [0.15, 0.2) is 0 Å². The summed E-state index contributed by atoms with van der Waals surface area (Å²) < 4.78 is 4.94. The minimum atomic E-state index is -0.502. The van der Waals surface area contributed by atoms with Crippen molar-refractivity contribution in [2.24, 2.45) is 0 Å². The van der Waals surface area contributed by atoms with Crippen LogP contribution >= 0.6 is 11.6 Å². The third-order valence-electron chi connectivity index (χ3n) is 3.23. The van der Waals surface area contributed by atoms with Crippen molar-refractivity contribution in [1.82, 2.24) is 0 Å². The van der Waals surface area contributed by atoms with E-state index in [-0.39, 0.29) is 18.1 Å². The zero-order valence-corrected chi connectivity index (χ0v) is 13.6. The molecular weight excluding hydrogens is 314 g/mol. The number of carbonyl (C=O) groups is 2. The standard InChI is InChI=1S/C18H18ClNO3/c1-2-23-18(22)15-12-14(9-10-16(15)19)20-17(21)11-8-13-6-4-3-5-7-13/h3-7,9-10,12H,2,8,11H2,1H3,(H,20,21). The predicted octanol–water partition coefficient (Wildman–Crippen LogP) is 4.09.